The van der Waals surface area contributed by atoms with Crippen molar-refractivity contribution < 1.29 is 17.7 Å². The lowest BCUT2D eigenvalue weighted by molar-refractivity contribution is 0.662. The summed E-state index contributed by atoms with van der Waals surface area (Å²) in [5.41, 5.74) is 16.8. The fourth-order valence-corrected chi connectivity index (χ4v) is 13.3. The van der Waals surface area contributed by atoms with Gasteiger partial charge >= 0.3 is 0 Å². The van der Waals surface area contributed by atoms with Crippen LogP contribution in [0.2, 0.25) is 0 Å². The molecule has 0 atom stereocenters. The van der Waals surface area contributed by atoms with Crippen molar-refractivity contribution in [1.82, 2.24) is 0 Å². The van der Waals surface area contributed by atoms with Gasteiger partial charge in [0.1, 0.15) is 44.7 Å². The molecule has 6 nitrogen and oxygen atoms in total. The molecule has 0 saturated heterocycles. The second kappa shape index (κ2) is 18.1. The smallest absolute Gasteiger partial charge is 0.147 e. The molecular weight excluding hydrogens is 1030 g/mol. The Balaban J connectivity index is 0.805. The first kappa shape index (κ1) is 46.4. The predicted octanol–water partition coefficient (Wildman–Crippen LogP) is 23.0. The minimum absolute atomic E-state index is 0.761. The van der Waals surface area contributed by atoms with E-state index in [9.17, 15) is 0 Å². The molecule has 84 heavy (non-hydrogen) atoms. The maximum Gasteiger partial charge on any atom is 0.147 e. The third-order valence-corrected chi connectivity index (χ3v) is 17.1. The highest BCUT2D eigenvalue weighted by Gasteiger charge is 2.27. The van der Waals surface area contributed by atoms with Crippen molar-refractivity contribution in [3.05, 3.63) is 279 Å². The zero-order valence-corrected chi connectivity index (χ0v) is 45.1. The van der Waals surface area contributed by atoms with Crippen LogP contribution in [0.15, 0.2) is 297 Å². The Morgan fingerprint density at radius 2 is 0.702 bits per heavy atom. The summed E-state index contributed by atoms with van der Waals surface area (Å²) in [5.74, 6) is 0. The van der Waals surface area contributed by atoms with E-state index in [1.165, 1.54) is 21.7 Å². The maximum atomic E-state index is 7.14. The lowest BCUT2D eigenvalue weighted by atomic mass is 9.97. The number of benzene rings is 14. The van der Waals surface area contributed by atoms with Gasteiger partial charge in [-0.15, -0.1) is 0 Å². The van der Waals surface area contributed by atoms with Crippen molar-refractivity contribution in [3.8, 4) is 22.3 Å². The molecule has 14 aromatic carbocycles. The Hall–Kier alpha value is -11.3. The van der Waals surface area contributed by atoms with Gasteiger partial charge in [-0.2, -0.15) is 0 Å². The van der Waals surface area contributed by atoms with Crippen molar-refractivity contribution >= 4 is 154 Å². The minimum atomic E-state index is 0.761. The van der Waals surface area contributed by atoms with Crippen molar-refractivity contribution in [3.63, 3.8) is 0 Å². The van der Waals surface area contributed by atoms with Gasteiger partial charge < -0.3 is 27.5 Å². The van der Waals surface area contributed by atoms with E-state index in [1.54, 1.807) is 0 Å². The van der Waals surface area contributed by atoms with E-state index in [1.807, 2.05) is 0 Å². The highest BCUT2D eigenvalue weighted by molar-refractivity contribution is 6.28. The number of hydrogen-bond acceptors (Lipinski definition) is 6. The van der Waals surface area contributed by atoms with Gasteiger partial charge in [-0.05, 0) is 182 Å². The summed E-state index contributed by atoms with van der Waals surface area (Å²) in [4.78, 5) is 4.67. The molecule has 0 fully saturated rings. The standard InChI is InChI=1S/C78H46N2O4/c1-4-20-55(21-5-1)79(58-34-32-48(33-35-58)60-27-14-19-47-16-12-13-26-59(47)60)65-28-15-29-67-73(65)75-68(81-67)38-36-62-64-42-52-31-30-51(40-53(52)45-71(64)84-77(62)75)54-43-66(80(56-22-6-2-7-23-56)57-24-8-3-9-25-57)74-72(46-54)82-69-39-37-61-63-41-49-17-10-11-18-50(49)44-70(63)83-78(61)76(69)74/h1-46H. The van der Waals surface area contributed by atoms with Crippen LogP contribution in [0.4, 0.5) is 34.1 Å². The highest BCUT2D eigenvalue weighted by atomic mass is 16.4. The van der Waals surface area contributed by atoms with E-state index in [4.69, 9.17) is 17.7 Å². The lowest BCUT2D eigenvalue weighted by Crippen LogP contribution is -2.10. The molecule has 0 bridgehead atoms. The molecule has 392 valence electrons. The van der Waals surface area contributed by atoms with E-state index in [2.05, 4.69) is 289 Å². The Kier molecular flexibility index (Phi) is 9.99. The fourth-order valence-electron chi connectivity index (χ4n) is 13.3. The van der Waals surface area contributed by atoms with Gasteiger partial charge in [0.25, 0.3) is 0 Å². The van der Waals surface area contributed by atoms with Gasteiger partial charge in [0.05, 0.1) is 32.9 Å². The van der Waals surface area contributed by atoms with Crippen LogP contribution in [0.3, 0.4) is 0 Å². The van der Waals surface area contributed by atoms with Crippen LogP contribution in [-0.4, -0.2) is 0 Å². The molecule has 0 N–H and O–H groups in total. The summed E-state index contributed by atoms with van der Waals surface area (Å²) >= 11 is 0. The minimum Gasteiger partial charge on any atom is -0.456 e. The molecule has 0 aliphatic carbocycles. The quantitative estimate of drug-likeness (QED) is 0.151. The summed E-state index contributed by atoms with van der Waals surface area (Å²) in [6, 6.07) is 99.1. The molecule has 4 aromatic heterocycles. The van der Waals surface area contributed by atoms with Crippen LogP contribution in [0.1, 0.15) is 0 Å². The van der Waals surface area contributed by atoms with Crippen LogP contribution in [-0.2, 0) is 0 Å². The maximum absolute atomic E-state index is 7.14. The second-order valence-corrected chi connectivity index (χ2v) is 21.9. The number of para-hydroxylation sites is 3. The average Bonchev–Trinajstić information content (AvgIpc) is 1.84. The number of anilines is 6. The largest absolute Gasteiger partial charge is 0.456 e. The van der Waals surface area contributed by atoms with Gasteiger partial charge in [-0.1, -0.05) is 152 Å². The highest BCUT2D eigenvalue weighted by Crippen LogP contribution is 2.51. The van der Waals surface area contributed by atoms with Crippen molar-refractivity contribution in [2.45, 2.75) is 0 Å². The number of nitrogens with zero attached hydrogens (tertiary/aromatic N) is 2. The van der Waals surface area contributed by atoms with Crippen LogP contribution in [0, 0.1) is 0 Å². The predicted molar refractivity (Wildman–Crippen MR) is 348 cm³/mol. The molecule has 6 heteroatoms. The van der Waals surface area contributed by atoms with Crippen LogP contribution in [0.25, 0.3) is 142 Å². The summed E-state index contributed by atoms with van der Waals surface area (Å²) in [7, 11) is 0. The van der Waals surface area contributed by atoms with Gasteiger partial charge in [0.2, 0.25) is 0 Å². The number of rotatable bonds is 8. The Morgan fingerprint density at radius 1 is 0.214 bits per heavy atom. The molecule has 18 rings (SSSR count). The van der Waals surface area contributed by atoms with E-state index in [0.29, 0.717) is 0 Å². The van der Waals surface area contributed by atoms with Crippen molar-refractivity contribution in [2.24, 2.45) is 0 Å². The van der Waals surface area contributed by atoms with Crippen LogP contribution < -0.4 is 9.80 Å². The third-order valence-electron chi connectivity index (χ3n) is 17.1. The summed E-state index contributed by atoms with van der Waals surface area (Å²) in [6.45, 7) is 0. The number of hydrogen-bond donors (Lipinski definition) is 0. The molecular formula is C78H46N2O4. The fraction of sp³-hybridized carbons (Fsp3) is 0. The van der Waals surface area contributed by atoms with Crippen molar-refractivity contribution in [2.75, 3.05) is 9.80 Å². The van der Waals surface area contributed by atoms with Crippen molar-refractivity contribution in [1.29, 1.82) is 0 Å². The average molecular weight is 1080 g/mol. The molecule has 18 aromatic rings. The number of fused-ring (bicyclic) bond motifs is 17. The summed E-state index contributed by atoms with van der Waals surface area (Å²) in [6.07, 6.45) is 0. The SMILES string of the molecule is c1ccc(N(c2ccc(-c3cccc4ccccc34)cc2)c2cccc3oc4ccc5c6cc7ccc(-c8cc(N(c9ccccc9)c9ccccc9)c9c(c8)oc8ccc%10c%11cc%12ccccc%12cc%11oc%10c89)cc7cc6oc5c4c23)cc1. The Bertz CT molecular complexity index is 5630. The van der Waals surface area contributed by atoms with E-state index < -0.39 is 0 Å². The molecule has 0 saturated carbocycles. The topological polar surface area (TPSA) is 59.0 Å². The summed E-state index contributed by atoms with van der Waals surface area (Å²) < 4.78 is 27.8. The third kappa shape index (κ3) is 7.11. The Labute approximate surface area is 480 Å². The van der Waals surface area contributed by atoms with Crippen LogP contribution in [0.5, 0.6) is 0 Å². The van der Waals surface area contributed by atoms with Crippen LogP contribution >= 0.6 is 0 Å². The monoisotopic (exact) mass is 1070 g/mol. The molecule has 0 aliphatic rings. The second-order valence-electron chi connectivity index (χ2n) is 21.9. The molecule has 0 amide bonds. The molecule has 0 radical (unpaired) electrons. The van der Waals surface area contributed by atoms with E-state index in [0.717, 1.165) is 155 Å². The molecule has 0 unspecified atom stereocenters. The number of furan rings is 4. The summed E-state index contributed by atoms with van der Waals surface area (Å²) in [5, 5.41) is 15.0. The first-order valence-corrected chi connectivity index (χ1v) is 28.4. The zero-order valence-electron chi connectivity index (χ0n) is 45.1. The normalized spacial score (nSPS) is 12.0. The van der Waals surface area contributed by atoms with E-state index in [-0.39, 0.29) is 0 Å². The Morgan fingerprint density at radius 3 is 1.36 bits per heavy atom. The van der Waals surface area contributed by atoms with Gasteiger partial charge in [-0.25, -0.2) is 0 Å². The first-order valence-electron chi connectivity index (χ1n) is 28.4. The molecule has 0 aliphatic heterocycles. The van der Waals surface area contributed by atoms with Gasteiger partial charge in [0.15, 0.2) is 0 Å². The first-order chi connectivity index (χ1) is 41.6. The lowest BCUT2D eigenvalue weighted by Gasteiger charge is -2.26. The molecule has 4 heterocycles. The van der Waals surface area contributed by atoms with E-state index >= 15 is 0 Å². The molecule has 0 spiro atoms. The zero-order chi connectivity index (χ0) is 55.0. The van der Waals surface area contributed by atoms with Gasteiger partial charge in [0, 0.05) is 44.3 Å². The van der Waals surface area contributed by atoms with Gasteiger partial charge in [-0.3, -0.25) is 0 Å².